The van der Waals surface area contributed by atoms with Crippen LogP contribution in [0, 0.1) is 0 Å². The van der Waals surface area contributed by atoms with E-state index in [1.54, 1.807) is 0 Å². The lowest BCUT2D eigenvalue weighted by Crippen LogP contribution is -2.00. The average Bonchev–Trinajstić information content (AvgIpc) is 3.86. The van der Waals surface area contributed by atoms with Gasteiger partial charge in [-0.25, -0.2) is 15.0 Å². The lowest BCUT2D eigenvalue weighted by molar-refractivity contribution is 0.668. The fourth-order valence-corrected chi connectivity index (χ4v) is 7.91. The Morgan fingerprint density at radius 2 is 0.643 bits per heavy atom. The van der Waals surface area contributed by atoms with E-state index < -0.39 is 0 Å². The van der Waals surface area contributed by atoms with Crippen LogP contribution in [0.1, 0.15) is 0 Å². The topological polar surface area (TPSA) is 65.0 Å². The number of fused-ring (bicyclic) bond motifs is 6. The molecule has 0 fully saturated rings. The smallest absolute Gasteiger partial charge is 0.164 e. The number of hydrogen-bond acceptors (Lipinski definition) is 5. The molecule has 3 aromatic heterocycles. The number of rotatable bonds is 6. The highest BCUT2D eigenvalue weighted by Gasteiger charge is 2.18. The molecule has 0 spiro atoms. The zero-order chi connectivity index (χ0) is 37.0. The largest absolute Gasteiger partial charge is 0.456 e. The van der Waals surface area contributed by atoms with E-state index in [0.29, 0.717) is 17.5 Å². The lowest BCUT2D eigenvalue weighted by Gasteiger charge is -2.14. The summed E-state index contributed by atoms with van der Waals surface area (Å²) in [5, 5.41) is 4.37. The van der Waals surface area contributed by atoms with E-state index in [4.69, 9.17) is 23.8 Å². The summed E-state index contributed by atoms with van der Waals surface area (Å²) in [6.45, 7) is 0. The molecule has 11 aromatic rings. The van der Waals surface area contributed by atoms with E-state index in [1.165, 1.54) is 0 Å². The molecule has 0 aliphatic heterocycles. The number of benzene rings is 8. The second-order valence-corrected chi connectivity index (χ2v) is 14.0. The minimum absolute atomic E-state index is 0.611. The van der Waals surface area contributed by atoms with E-state index in [9.17, 15) is 0 Å². The molecule has 5 heteroatoms. The average molecular weight is 718 g/mol. The maximum atomic E-state index is 6.36. The fraction of sp³-hybridized carbons (Fsp3) is 0. The molecule has 0 aliphatic rings. The first kappa shape index (κ1) is 31.9. The molecule has 11 rings (SSSR count). The van der Waals surface area contributed by atoms with Gasteiger partial charge in [0.25, 0.3) is 0 Å². The van der Waals surface area contributed by atoms with Crippen LogP contribution in [0.15, 0.2) is 197 Å². The summed E-state index contributed by atoms with van der Waals surface area (Å²) in [4.78, 5) is 15.0. The Labute approximate surface area is 322 Å². The van der Waals surface area contributed by atoms with Crippen molar-refractivity contribution in [3.05, 3.63) is 188 Å². The Balaban J connectivity index is 1.13. The van der Waals surface area contributed by atoms with Crippen LogP contribution >= 0.6 is 0 Å². The zero-order valence-corrected chi connectivity index (χ0v) is 30.1. The van der Waals surface area contributed by atoms with Crippen molar-refractivity contribution in [1.82, 2.24) is 15.0 Å². The van der Waals surface area contributed by atoms with Gasteiger partial charge in [-0.05, 0) is 81.9 Å². The summed E-state index contributed by atoms with van der Waals surface area (Å²) in [6.07, 6.45) is 0. The molecule has 0 bridgehead atoms. The second-order valence-electron chi connectivity index (χ2n) is 14.0. The van der Waals surface area contributed by atoms with E-state index in [2.05, 4.69) is 91.0 Å². The minimum Gasteiger partial charge on any atom is -0.456 e. The molecular formula is C51H31N3O2. The number of nitrogens with zero attached hydrogens (tertiary/aromatic N) is 3. The van der Waals surface area contributed by atoms with Gasteiger partial charge in [-0.3, -0.25) is 0 Å². The van der Waals surface area contributed by atoms with Crippen LogP contribution in [-0.2, 0) is 0 Å². The number of furan rings is 2. The number of para-hydroxylation sites is 2. The molecule has 3 heterocycles. The van der Waals surface area contributed by atoms with Gasteiger partial charge in [0.1, 0.15) is 22.3 Å². The van der Waals surface area contributed by atoms with Gasteiger partial charge in [0, 0.05) is 38.2 Å². The third kappa shape index (κ3) is 5.45. The van der Waals surface area contributed by atoms with E-state index in [0.717, 1.165) is 93.9 Å². The standard InChI is InChI=1S/C51H31N3O2/c1-3-14-32(15-4-1)49-52-50(33-16-5-2-6-17-33)54-51(53-49)35-19-11-18-34(28-35)36-29-37(39-22-12-26-45-47(39)41-20-7-9-24-43(41)55-45)31-38(30-36)40-23-13-27-46-48(40)42-21-8-10-25-44(42)56-46/h1-31H. The van der Waals surface area contributed by atoms with Crippen molar-refractivity contribution in [2.45, 2.75) is 0 Å². The molecule has 0 amide bonds. The van der Waals surface area contributed by atoms with Gasteiger partial charge in [-0.2, -0.15) is 0 Å². The Morgan fingerprint density at radius 3 is 1.18 bits per heavy atom. The van der Waals surface area contributed by atoms with Crippen LogP contribution in [0.5, 0.6) is 0 Å². The van der Waals surface area contributed by atoms with Crippen LogP contribution in [0.2, 0.25) is 0 Å². The van der Waals surface area contributed by atoms with Crippen molar-refractivity contribution in [3.8, 4) is 67.5 Å². The Kier molecular flexibility index (Phi) is 7.42. The van der Waals surface area contributed by atoms with E-state index in [1.807, 2.05) is 97.1 Å². The first-order valence-electron chi connectivity index (χ1n) is 18.7. The van der Waals surface area contributed by atoms with Crippen LogP contribution < -0.4 is 0 Å². The Hall–Kier alpha value is -7.63. The molecular weight excluding hydrogens is 687 g/mol. The molecule has 0 saturated carbocycles. The van der Waals surface area contributed by atoms with Crippen LogP contribution in [0.3, 0.4) is 0 Å². The molecule has 262 valence electrons. The minimum atomic E-state index is 0.611. The van der Waals surface area contributed by atoms with Gasteiger partial charge in [0.15, 0.2) is 17.5 Å². The van der Waals surface area contributed by atoms with Crippen molar-refractivity contribution >= 4 is 43.9 Å². The fourth-order valence-electron chi connectivity index (χ4n) is 7.91. The van der Waals surface area contributed by atoms with Gasteiger partial charge in [0.05, 0.1) is 0 Å². The predicted molar refractivity (Wildman–Crippen MR) is 227 cm³/mol. The molecule has 0 atom stereocenters. The monoisotopic (exact) mass is 717 g/mol. The van der Waals surface area contributed by atoms with Crippen molar-refractivity contribution in [1.29, 1.82) is 0 Å². The maximum Gasteiger partial charge on any atom is 0.164 e. The molecule has 0 aliphatic carbocycles. The maximum absolute atomic E-state index is 6.36. The van der Waals surface area contributed by atoms with Gasteiger partial charge in [-0.1, -0.05) is 140 Å². The molecule has 5 nitrogen and oxygen atoms in total. The highest BCUT2D eigenvalue weighted by Crippen LogP contribution is 2.43. The zero-order valence-electron chi connectivity index (χ0n) is 30.1. The van der Waals surface area contributed by atoms with Crippen molar-refractivity contribution in [2.75, 3.05) is 0 Å². The molecule has 0 unspecified atom stereocenters. The number of aromatic nitrogens is 3. The van der Waals surface area contributed by atoms with Crippen molar-refractivity contribution < 1.29 is 8.83 Å². The van der Waals surface area contributed by atoms with Crippen LogP contribution in [0.25, 0.3) is 111 Å². The summed E-state index contributed by atoms with van der Waals surface area (Å²) >= 11 is 0. The summed E-state index contributed by atoms with van der Waals surface area (Å²) in [7, 11) is 0. The van der Waals surface area contributed by atoms with E-state index in [-0.39, 0.29) is 0 Å². The highest BCUT2D eigenvalue weighted by molar-refractivity contribution is 6.15. The first-order chi connectivity index (χ1) is 27.7. The summed E-state index contributed by atoms with van der Waals surface area (Å²) in [5.41, 5.74) is 12.7. The SMILES string of the molecule is c1ccc(-c2nc(-c3ccccc3)nc(-c3cccc(-c4cc(-c5cccc6oc7ccccc7c56)cc(-c5cccc6oc7ccccc7c56)c4)c3)n2)cc1. The quantitative estimate of drug-likeness (QED) is 0.171. The molecule has 56 heavy (non-hydrogen) atoms. The first-order valence-corrected chi connectivity index (χ1v) is 18.7. The molecule has 0 N–H and O–H groups in total. The highest BCUT2D eigenvalue weighted by atomic mass is 16.3. The van der Waals surface area contributed by atoms with Gasteiger partial charge < -0.3 is 8.83 Å². The van der Waals surface area contributed by atoms with Crippen LogP contribution in [0.4, 0.5) is 0 Å². The second kappa shape index (κ2) is 13.0. The molecule has 0 radical (unpaired) electrons. The van der Waals surface area contributed by atoms with Crippen LogP contribution in [-0.4, -0.2) is 15.0 Å². The lowest BCUT2D eigenvalue weighted by atomic mass is 9.90. The summed E-state index contributed by atoms with van der Waals surface area (Å²) in [5.74, 6) is 1.87. The Morgan fingerprint density at radius 1 is 0.268 bits per heavy atom. The molecule has 0 saturated heterocycles. The van der Waals surface area contributed by atoms with Gasteiger partial charge >= 0.3 is 0 Å². The third-order valence-electron chi connectivity index (χ3n) is 10.5. The number of hydrogen-bond donors (Lipinski definition) is 0. The molecule has 8 aromatic carbocycles. The van der Waals surface area contributed by atoms with Gasteiger partial charge in [0.2, 0.25) is 0 Å². The van der Waals surface area contributed by atoms with Gasteiger partial charge in [-0.15, -0.1) is 0 Å². The third-order valence-corrected chi connectivity index (χ3v) is 10.5. The van der Waals surface area contributed by atoms with Crippen molar-refractivity contribution in [3.63, 3.8) is 0 Å². The van der Waals surface area contributed by atoms with E-state index >= 15 is 0 Å². The van der Waals surface area contributed by atoms with Crippen molar-refractivity contribution in [2.24, 2.45) is 0 Å². The summed E-state index contributed by atoms with van der Waals surface area (Å²) < 4.78 is 12.7. The predicted octanol–water partition coefficient (Wildman–Crippen LogP) is 13.7. The normalized spacial score (nSPS) is 11.6. The Bertz CT molecular complexity index is 3070. The summed E-state index contributed by atoms with van der Waals surface area (Å²) in [6, 6.07) is 64.7.